The molecule has 2 heterocycles. The smallest absolute Gasteiger partial charge is 0.251 e. The molecule has 1 amide bonds. The maximum absolute atomic E-state index is 12.6. The summed E-state index contributed by atoms with van der Waals surface area (Å²) < 4.78 is 5.25. The van der Waals surface area contributed by atoms with Gasteiger partial charge in [0.2, 0.25) is 0 Å². The average Bonchev–Trinajstić information content (AvgIpc) is 3.16. The Bertz CT molecular complexity index is 775. The lowest BCUT2D eigenvalue weighted by molar-refractivity contribution is 0.0940. The zero-order valence-electron chi connectivity index (χ0n) is 15.2. The third kappa shape index (κ3) is 4.67. The van der Waals surface area contributed by atoms with Gasteiger partial charge in [0.25, 0.3) is 5.91 Å². The Balaban J connectivity index is 1.66. The first-order valence-corrected chi connectivity index (χ1v) is 9.29. The Morgan fingerprint density at radius 1 is 1.31 bits per heavy atom. The molecule has 5 nitrogen and oxygen atoms in total. The summed E-state index contributed by atoms with van der Waals surface area (Å²) >= 11 is 6.14. The van der Waals surface area contributed by atoms with Gasteiger partial charge in [0, 0.05) is 24.7 Å². The van der Waals surface area contributed by atoms with E-state index in [2.05, 4.69) is 15.2 Å². The van der Waals surface area contributed by atoms with Crippen molar-refractivity contribution in [2.75, 3.05) is 25.1 Å². The molecule has 3 rings (SSSR count). The summed E-state index contributed by atoms with van der Waals surface area (Å²) in [6, 6.07) is 11.3. The second kappa shape index (κ2) is 8.41. The largest absolute Gasteiger partial charge is 0.497 e. The minimum absolute atomic E-state index is 0.0169. The van der Waals surface area contributed by atoms with Crippen molar-refractivity contribution in [2.45, 2.75) is 32.2 Å². The van der Waals surface area contributed by atoms with E-state index < -0.39 is 0 Å². The van der Waals surface area contributed by atoms with Crippen LogP contribution in [0.15, 0.2) is 36.4 Å². The zero-order chi connectivity index (χ0) is 18.5. The zero-order valence-corrected chi connectivity index (χ0v) is 15.9. The van der Waals surface area contributed by atoms with Gasteiger partial charge in [0.15, 0.2) is 0 Å². The first-order chi connectivity index (χ1) is 12.5. The molecular formula is C20H24ClN3O2. The number of ether oxygens (including phenoxy) is 1. The fraction of sp³-hybridized carbons (Fsp3) is 0.400. The van der Waals surface area contributed by atoms with Crippen molar-refractivity contribution in [3.05, 3.63) is 52.7 Å². The lowest BCUT2D eigenvalue weighted by Crippen LogP contribution is -2.34. The van der Waals surface area contributed by atoms with Gasteiger partial charge in [-0.05, 0) is 56.0 Å². The summed E-state index contributed by atoms with van der Waals surface area (Å²) in [5.41, 5.74) is 1.66. The number of methoxy groups -OCH3 is 1. The molecule has 1 aromatic heterocycles. The van der Waals surface area contributed by atoms with Crippen LogP contribution in [0.4, 0.5) is 5.82 Å². The van der Waals surface area contributed by atoms with E-state index in [4.69, 9.17) is 16.3 Å². The fourth-order valence-corrected chi connectivity index (χ4v) is 3.44. The maximum atomic E-state index is 12.6. The van der Waals surface area contributed by atoms with Crippen molar-refractivity contribution in [2.24, 2.45) is 0 Å². The predicted octanol–water partition coefficient (Wildman–Crippen LogP) is 3.70. The van der Waals surface area contributed by atoms with Crippen LogP contribution in [0.2, 0.25) is 5.15 Å². The Morgan fingerprint density at radius 3 is 2.81 bits per heavy atom. The molecule has 1 fully saturated rings. The lowest BCUT2D eigenvalue weighted by atomic mass is 10.1. The van der Waals surface area contributed by atoms with Crippen LogP contribution in [0.5, 0.6) is 5.75 Å². The monoisotopic (exact) mass is 373 g/mol. The number of pyridine rings is 1. The molecule has 0 bridgehead atoms. The molecule has 1 unspecified atom stereocenters. The van der Waals surface area contributed by atoms with E-state index in [1.165, 1.54) is 0 Å². The highest BCUT2D eigenvalue weighted by atomic mass is 35.5. The summed E-state index contributed by atoms with van der Waals surface area (Å²) in [4.78, 5) is 19.2. The number of benzene rings is 1. The predicted molar refractivity (Wildman–Crippen MR) is 104 cm³/mol. The number of carbonyl (C=O) groups excluding carboxylic acids is 1. The number of rotatable bonds is 6. The summed E-state index contributed by atoms with van der Waals surface area (Å²) in [6.45, 7) is 3.91. The number of aromatic nitrogens is 1. The van der Waals surface area contributed by atoms with Crippen molar-refractivity contribution in [3.63, 3.8) is 0 Å². The summed E-state index contributed by atoms with van der Waals surface area (Å²) in [5, 5.41) is 3.39. The Kier molecular flexibility index (Phi) is 5.99. The van der Waals surface area contributed by atoms with Crippen LogP contribution in [-0.4, -0.2) is 37.1 Å². The molecule has 0 saturated carbocycles. The molecule has 0 spiro atoms. The van der Waals surface area contributed by atoms with Gasteiger partial charge in [-0.25, -0.2) is 4.98 Å². The SMILES string of the molecule is COc1cccc(CC(C)NC(=O)c2cc(Cl)nc(N3CCCC3)c2)c1. The molecule has 0 radical (unpaired) electrons. The van der Waals surface area contributed by atoms with Crippen molar-refractivity contribution in [1.29, 1.82) is 0 Å². The van der Waals surface area contributed by atoms with E-state index in [9.17, 15) is 4.79 Å². The number of carbonyl (C=O) groups is 1. The quantitative estimate of drug-likeness (QED) is 0.784. The van der Waals surface area contributed by atoms with Gasteiger partial charge >= 0.3 is 0 Å². The van der Waals surface area contributed by atoms with Crippen LogP contribution in [0, 0.1) is 0 Å². The van der Waals surface area contributed by atoms with Gasteiger partial charge in [-0.15, -0.1) is 0 Å². The molecular weight excluding hydrogens is 350 g/mol. The molecule has 1 atom stereocenters. The van der Waals surface area contributed by atoms with Crippen molar-refractivity contribution in [3.8, 4) is 5.75 Å². The second-order valence-electron chi connectivity index (χ2n) is 6.66. The number of hydrogen-bond acceptors (Lipinski definition) is 4. The van der Waals surface area contributed by atoms with Crippen LogP contribution < -0.4 is 15.0 Å². The van der Waals surface area contributed by atoms with Crippen molar-refractivity contribution >= 4 is 23.3 Å². The fourth-order valence-electron chi connectivity index (χ4n) is 3.23. The van der Waals surface area contributed by atoms with Crippen LogP contribution in [0.25, 0.3) is 0 Å². The van der Waals surface area contributed by atoms with Crippen molar-refractivity contribution < 1.29 is 9.53 Å². The lowest BCUT2D eigenvalue weighted by Gasteiger charge is -2.18. The van der Waals surface area contributed by atoms with E-state index in [0.29, 0.717) is 10.7 Å². The van der Waals surface area contributed by atoms with Crippen LogP contribution >= 0.6 is 11.6 Å². The van der Waals surface area contributed by atoms with Crippen LogP contribution in [-0.2, 0) is 6.42 Å². The molecule has 1 N–H and O–H groups in total. The minimum Gasteiger partial charge on any atom is -0.497 e. The molecule has 0 aliphatic carbocycles. The van der Waals surface area contributed by atoms with Crippen molar-refractivity contribution in [1.82, 2.24) is 10.3 Å². The maximum Gasteiger partial charge on any atom is 0.251 e. The second-order valence-corrected chi connectivity index (χ2v) is 7.05. The molecule has 1 saturated heterocycles. The molecule has 138 valence electrons. The third-order valence-corrected chi connectivity index (χ3v) is 4.72. The Morgan fingerprint density at radius 2 is 2.08 bits per heavy atom. The summed E-state index contributed by atoms with van der Waals surface area (Å²) in [7, 11) is 1.65. The normalized spacial score (nSPS) is 15.0. The van der Waals surface area contributed by atoms with E-state index in [0.717, 1.165) is 49.5 Å². The molecule has 26 heavy (non-hydrogen) atoms. The van der Waals surface area contributed by atoms with Gasteiger partial charge in [0.1, 0.15) is 16.7 Å². The van der Waals surface area contributed by atoms with E-state index in [1.54, 1.807) is 13.2 Å². The van der Waals surface area contributed by atoms with Gasteiger partial charge in [-0.2, -0.15) is 0 Å². The number of amides is 1. The van der Waals surface area contributed by atoms with Gasteiger partial charge in [0.05, 0.1) is 7.11 Å². The highest BCUT2D eigenvalue weighted by Crippen LogP contribution is 2.22. The minimum atomic E-state index is -0.134. The number of halogens is 1. The Labute approximate surface area is 159 Å². The number of nitrogens with zero attached hydrogens (tertiary/aromatic N) is 2. The summed E-state index contributed by atoms with van der Waals surface area (Å²) in [5.74, 6) is 1.46. The molecule has 1 aromatic carbocycles. The van der Waals surface area contributed by atoms with Crippen LogP contribution in [0.1, 0.15) is 35.7 Å². The average molecular weight is 374 g/mol. The van der Waals surface area contributed by atoms with E-state index in [-0.39, 0.29) is 11.9 Å². The van der Waals surface area contributed by atoms with Gasteiger partial charge < -0.3 is 15.0 Å². The third-order valence-electron chi connectivity index (χ3n) is 4.53. The van der Waals surface area contributed by atoms with Gasteiger partial charge in [-0.1, -0.05) is 23.7 Å². The van der Waals surface area contributed by atoms with E-state index >= 15 is 0 Å². The standard InChI is InChI=1S/C20H24ClN3O2/c1-14(10-15-6-5-7-17(11-15)26-2)22-20(25)16-12-18(21)23-19(13-16)24-8-3-4-9-24/h5-7,11-14H,3-4,8-10H2,1-2H3,(H,22,25). The highest BCUT2D eigenvalue weighted by molar-refractivity contribution is 6.29. The number of anilines is 1. The first kappa shape index (κ1) is 18.5. The number of hydrogen-bond donors (Lipinski definition) is 1. The molecule has 1 aliphatic heterocycles. The van der Waals surface area contributed by atoms with E-state index in [1.807, 2.05) is 37.3 Å². The first-order valence-electron chi connectivity index (χ1n) is 8.91. The molecule has 2 aromatic rings. The number of nitrogens with one attached hydrogen (secondary N) is 1. The van der Waals surface area contributed by atoms with Crippen LogP contribution in [0.3, 0.4) is 0 Å². The Hall–Kier alpha value is -2.27. The molecule has 6 heteroatoms. The summed E-state index contributed by atoms with van der Waals surface area (Å²) in [6.07, 6.45) is 3.02. The topological polar surface area (TPSA) is 54.5 Å². The highest BCUT2D eigenvalue weighted by Gasteiger charge is 2.18. The van der Waals surface area contributed by atoms with Gasteiger partial charge in [-0.3, -0.25) is 4.79 Å². The molecule has 1 aliphatic rings.